The molecular formula is C19H14BrN3O9. The van der Waals surface area contributed by atoms with E-state index in [4.69, 9.17) is 9.15 Å². The Labute approximate surface area is 188 Å². The fourth-order valence-corrected chi connectivity index (χ4v) is 3.32. The van der Waals surface area contributed by atoms with Gasteiger partial charge in [0.1, 0.15) is 11.5 Å². The average Bonchev–Trinajstić information content (AvgIpc) is 3.29. The largest absolute Gasteiger partial charge is 0.463 e. The first kappa shape index (κ1) is 22.7. The minimum Gasteiger partial charge on any atom is -0.463 e. The number of carbonyl (C=O) groups excluding carboxylic acids is 4. The first-order valence-corrected chi connectivity index (χ1v) is 9.58. The van der Waals surface area contributed by atoms with Gasteiger partial charge in [-0.15, -0.1) is 0 Å². The Hall–Kier alpha value is -4.00. The van der Waals surface area contributed by atoms with Gasteiger partial charge < -0.3 is 19.2 Å². The lowest BCUT2D eigenvalue weighted by Gasteiger charge is -2.09. The third-order valence-electron chi connectivity index (χ3n) is 4.12. The number of nitro benzene ring substituents is 1. The van der Waals surface area contributed by atoms with E-state index < -0.39 is 34.5 Å². The molecule has 2 heterocycles. The van der Waals surface area contributed by atoms with Crippen LogP contribution in [0, 0.1) is 10.1 Å². The number of esters is 2. The predicted molar refractivity (Wildman–Crippen MR) is 109 cm³/mol. The van der Waals surface area contributed by atoms with Crippen molar-refractivity contribution >= 4 is 51.6 Å². The molecule has 0 spiro atoms. The molecular weight excluding hydrogens is 494 g/mol. The molecule has 1 aromatic carbocycles. The summed E-state index contributed by atoms with van der Waals surface area (Å²) in [6.07, 6.45) is 1.23. The third kappa shape index (κ3) is 4.67. The number of nitrogens with one attached hydrogen (secondary N) is 1. The van der Waals surface area contributed by atoms with Gasteiger partial charge in [0, 0.05) is 13.0 Å². The molecule has 0 atom stereocenters. The molecule has 1 N–H and O–H groups in total. The summed E-state index contributed by atoms with van der Waals surface area (Å²) < 4.78 is 14.8. The van der Waals surface area contributed by atoms with Crippen LogP contribution < -0.4 is 10.1 Å². The highest BCUT2D eigenvalue weighted by atomic mass is 79.9. The lowest BCUT2D eigenvalue weighted by atomic mass is 10.1. The quantitative estimate of drug-likeness (QED) is 0.155. The van der Waals surface area contributed by atoms with E-state index in [1.54, 1.807) is 0 Å². The number of rotatable bonds is 6. The molecule has 13 heteroatoms. The molecule has 0 radical (unpaired) electrons. The fourth-order valence-electron chi connectivity index (χ4n) is 2.77. The van der Waals surface area contributed by atoms with Gasteiger partial charge in [0.2, 0.25) is 11.5 Å². The van der Waals surface area contributed by atoms with E-state index in [-0.39, 0.29) is 39.5 Å². The third-order valence-corrected chi connectivity index (χ3v) is 4.71. The Bertz CT molecular complexity index is 1180. The topological polar surface area (TPSA) is 158 Å². The Balaban J connectivity index is 1.87. The Kier molecular flexibility index (Phi) is 6.39. The van der Waals surface area contributed by atoms with Gasteiger partial charge in [-0.05, 0) is 45.8 Å². The maximum atomic E-state index is 12.7. The summed E-state index contributed by atoms with van der Waals surface area (Å²) in [5.41, 5.74) is -0.465. The van der Waals surface area contributed by atoms with Gasteiger partial charge in [0.15, 0.2) is 0 Å². The van der Waals surface area contributed by atoms with Crippen molar-refractivity contribution < 1.29 is 38.0 Å². The zero-order chi connectivity index (χ0) is 23.6. The molecule has 32 heavy (non-hydrogen) atoms. The number of methoxy groups -OCH3 is 1. The molecule has 1 aliphatic heterocycles. The number of urea groups is 1. The molecule has 2 aromatic rings. The van der Waals surface area contributed by atoms with Gasteiger partial charge in [0.05, 0.1) is 23.1 Å². The van der Waals surface area contributed by atoms with Crippen molar-refractivity contribution in [3.8, 4) is 5.75 Å². The van der Waals surface area contributed by atoms with Crippen molar-refractivity contribution in [1.29, 1.82) is 0 Å². The average molecular weight is 508 g/mol. The zero-order valence-electron chi connectivity index (χ0n) is 16.5. The number of benzene rings is 1. The normalized spacial score (nSPS) is 14.5. The van der Waals surface area contributed by atoms with Crippen LogP contribution in [0.2, 0.25) is 0 Å². The number of furan rings is 1. The number of ether oxygens (including phenoxy) is 2. The summed E-state index contributed by atoms with van der Waals surface area (Å²) in [5, 5.41) is 13.7. The van der Waals surface area contributed by atoms with Gasteiger partial charge >= 0.3 is 23.7 Å². The van der Waals surface area contributed by atoms with E-state index in [0.717, 1.165) is 17.9 Å². The molecule has 1 aliphatic rings. The molecule has 1 aromatic heterocycles. The molecule has 1 fully saturated rings. The number of hydrogen-bond donors (Lipinski definition) is 1. The number of nitrogens with zero attached hydrogens (tertiary/aromatic N) is 2. The van der Waals surface area contributed by atoms with Gasteiger partial charge in [0.25, 0.3) is 5.91 Å². The molecule has 12 nitrogen and oxygen atoms in total. The Morgan fingerprint density at radius 2 is 2.03 bits per heavy atom. The van der Waals surface area contributed by atoms with Crippen LogP contribution in [0.4, 0.5) is 10.5 Å². The summed E-state index contributed by atoms with van der Waals surface area (Å²) >= 11 is 3.10. The van der Waals surface area contributed by atoms with Gasteiger partial charge in [-0.3, -0.25) is 24.6 Å². The van der Waals surface area contributed by atoms with E-state index >= 15 is 0 Å². The summed E-state index contributed by atoms with van der Waals surface area (Å²) in [5.74, 6) is -2.38. The Morgan fingerprint density at radius 3 is 2.66 bits per heavy atom. The van der Waals surface area contributed by atoms with Crippen LogP contribution in [0.3, 0.4) is 0 Å². The van der Waals surface area contributed by atoms with E-state index in [1.165, 1.54) is 31.4 Å². The van der Waals surface area contributed by atoms with E-state index in [2.05, 4.69) is 26.0 Å². The minimum absolute atomic E-state index is 0.0876. The van der Waals surface area contributed by atoms with Crippen LogP contribution >= 0.6 is 15.9 Å². The molecule has 0 aliphatic carbocycles. The van der Waals surface area contributed by atoms with Crippen molar-refractivity contribution in [2.75, 3.05) is 7.11 Å². The maximum absolute atomic E-state index is 12.7. The van der Waals surface area contributed by atoms with Crippen molar-refractivity contribution in [1.82, 2.24) is 10.2 Å². The molecule has 0 saturated carbocycles. The van der Waals surface area contributed by atoms with Crippen LogP contribution in [0.25, 0.3) is 6.08 Å². The highest BCUT2D eigenvalue weighted by Gasteiger charge is 2.34. The molecule has 166 valence electrons. The number of imide groups is 1. The van der Waals surface area contributed by atoms with Gasteiger partial charge in [-0.1, -0.05) is 0 Å². The van der Waals surface area contributed by atoms with E-state index in [0.29, 0.717) is 0 Å². The second-order valence-corrected chi connectivity index (χ2v) is 7.19. The molecule has 3 rings (SSSR count). The number of nitro groups is 1. The van der Waals surface area contributed by atoms with Crippen molar-refractivity contribution in [3.63, 3.8) is 0 Å². The highest BCUT2D eigenvalue weighted by molar-refractivity contribution is 9.10. The van der Waals surface area contributed by atoms with Crippen molar-refractivity contribution in [2.45, 2.75) is 13.5 Å². The van der Waals surface area contributed by atoms with Crippen molar-refractivity contribution in [3.05, 3.63) is 61.6 Å². The number of hydrogen-bond acceptors (Lipinski definition) is 9. The number of amides is 3. The molecule has 0 bridgehead atoms. The second kappa shape index (κ2) is 9.01. The van der Waals surface area contributed by atoms with Crippen LogP contribution in [0.15, 0.2) is 38.9 Å². The smallest absolute Gasteiger partial charge is 0.373 e. The summed E-state index contributed by atoms with van der Waals surface area (Å²) in [7, 11) is 1.18. The molecule has 3 amide bonds. The van der Waals surface area contributed by atoms with Crippen LogP contribution in [-0.2, 0) is 20.9 Å². The van der Waals surface area contributed by atoms with E-state index in [9.17, 15) is 29.3 Å². The first-order valence-electron chi connectivity index (χ1n) is 8.78. The van der Waals surface area contributed by atoms with Gasteiger partial charge in [-0.25, -0.2) is 9.59 Å². The Morgan fingerprint density at radius 1 is 1.31 bits per heavy atom. The van der Waals surface area contributed by atoms with Crippen LogP contribution in [0.1, 0.15) is 28.8 Å². The lowest BCUT2D eigenvalue weighted by molar-refractivity contribution is -0.385. The maximum Gasteiger partial charge on any atom is 0.373 e. The summed E-state index contributed by atoms with van der Waals surface area (Å²) in [4.78, 5) is 59.1. The fraction of sp³-hybridized carbons (Fsp3) is 0.158. The van der Waals surface area contributed by atoms with Crippen LogP contribution in [0.5, 0.6) is 5.75 Å². The summed E-state index contributed by atoms with van der Waals surface area (Å²) in [6.45, 7) is 0.842. The van der Waals surface area contributed by atoms with Crippen molar-refractivity contribution in [2.24, 2.45) is 0 Å². The van der Waals surface area contributed by atoms with Crippen LogP contribution in [-0.4, -0.2) is 40.8 Å². The second-order valence-electron chi connectivity index (χ2n) is 6.34. The number of carbonyl (C=O) groups is 4. The monoisotopic (exact) mass is 507 g/mol. The molecule has 1 saturated heterocycles. The first-order chi connectivity index (χ1) is 15.1. The zero-order valence-corrected chi connectivity index (χ0v) is 18.1. The van der Waals surface area contributed by atoms with E-state index in [1.807, 2.05) is 0 Å². The standard InChI is InChI=1S/C19H14BrN3O9/c1-9(24)31-16-12(20)5-10(7-14(16)23(28)29)6-13-17(25)22(19(27)21-13)8-11-3-4-15(32-11)18(26)30-2/h3-7H,8H2,1-2H3,(H,21,27)/b13-6-. The van der Waals surface area contributed by atoms with Gasteiger partial charge in [-0.2, -0.15) is 0 Å². The SMILES string of the molecule is COC(=O)c1ccc(CN2C(=O)N/C(=C\c3cc(Br)c(OC(C)=O)c([N+](=O)[O-])c3)C2=O)o1. The minimum atomic E-state index is -0.748. The number of halogens is 1. The lowest BCUT2D eigenvalue weighted by Crippen LogP contribution is -2.30. The molecule has 0 unspecified atom stereocenters. The summed E-state index contributed by atoms with van der Waals surface area (Å²) in [6, 6.07) is 4.49. The predicted octanol–water partition coefficient (Wildman–Crippen LogP) is 2.76. The highest BCUT2D eigenvalue weighted by Crippen LogP contribution is 2.37.